The Labute approximate surface area is 215 Å². The van der Waals surface area contributed by atoms with Crippen LogP contribution in [0, 0.1) is 11.8 Å². The largest absolute Gasteiger partial charge is 0.477 e. The van der Waals surface area contributed by atoms with Crippen LogP contribution >= 0.6 is 22.7 Å². The van der Waals surface area contributed by atoms with E-state index >= 15 is 0 Å². The van der Waals surface area contributed by atoms with Crippen molar-refractivity contribution in [2.45, 2.75) is 75.5 Å². The molecule has 35 heavy (non-hydrogen) atoms. The Morgan fingerprint density at radius 1 is 1.14 bits per heavy atom. The molecule has 0 unspecified atom stereocenters. The van der Waals surface area contributed by atoms with Gasteiger partial charge in [-0.05, 0) is 60.9 Å². The molecule has 10 heteroatoms. The minimum atomic E-state index is -3.65. The van der Waals surface area contributed by atoms with Crippen LogP contribution in [0.4, 0.5) is 5.69 Å². The van der Waals surface area contributed by atoms with Crippen molar-refractivity contribution in [3.8, 4) is 0 Å². The van der Waals surface area contributed by atoms with Crippen LogP contribution in [0.15, 0.2) is 27.8 Å². The number of anilines is 1. The molecule has 2 aromatic rings. The van der Waals surface area contributed by atoms with Crippen molar-refractivity contribution in [1.29, 1.82) is 0 Å². The predicted octanol–water partition coefficient (Wildman–Crippen LogP) is 5.43. The second kappa shape index (κ2) is 9.95. The highest BCUT2D eigenvalue weighted by Gasteiger charge is 2.42. The lowest BCUT2D eigenvalue weighted by atomic mass is 9.82. The zero-order valence-corrected chi connectivity index (χ0v) is 23.1. The fourth-order valence-electron chi connectivity index (χ4n) is 4.96. The Kier molecular flexibility index (Phi) is 7.48. The summed E-state index contributed by atoms with van der Waals surface area (Å²) in [5.74, 6) is -0.725. The molecular weight excluding hydrogens is 504 g/mol. The Hall–Kier alpha value is -1.75. The first kappa shape index (κ1) is 26.3. The Morgan fingerprint density at radius 2 is 1.83 bits per heavy atom. The van der Waals surface area contributed by atoms with Gasteiger partial charge in [0.15, 0.2) is 0 Å². The molecule has 0 radical (unpaired) electrons. The van der Waals surface area contributed by atoms with E-state index in [2.05, 4.69) is 6.92 Å². The fraction of sp³-hybridized carbons (Fsp3) is 0.600. The molecule has 192 valence electrons. The topological polar surface area (TPSA) is 95.0 Å². The zero-order chi connectivity index (χ0) is 25.5. The molecule has 2 aromatic heterocycles. The van der Waals surface area contributed by atoms with Gasteiger partial charge in [0.05, 0.1) is 11.7 Å². The maximum atomic E-state index is 14.0. The Morgan fingerprint density at radius 3 is 2.40 bits per heavy atom. The van der Waals surface area contributed by atoms with Gasteiger partial charge in [-0.15, -0.1) is 22.7 Å². The van der Waals surface area contributed by atoms with Gasteiger partial charge < -0.3 is 10.0 Å². The molecule has 4 rings (SSSR count). The number of rotatable bonds is 6. The van der Waals surface area contributed by atoms with Gasteiger partial charge in [0.25, 0.3) is 10.0 Å². The van der Waals surface area contributed by atoms with E-state index < -0.39 is 22.0 Å². The zero-order valence-electron chi connectivity index (χ0n) is 20.7. The second-order valence-corrected chi connectivity index (χ2v) is 14.9. The monoisotopic (exact) mass is 538 g/mol. The van der Waals surface area contributed by atoms with Crippen LogP contribution in [0.2, 0.25) is 0 Å². The average Bonchev–Trinajstić information content (AvgIpc) is 3.54. The lowest BCUT2D eigenvalue weighted by Crippen LogP contribution is -2.46. The third-order valence-corrected chi connectivity index (χ3v) is 11.9. The molecule has 7 nitrogen and oxygen atoms in total. The molecule has 1 atom stereocenters. The number of amides is 1. The second-order valence-electron chi connectivity index (χ2n) is 10.8. The number of carbonyl (C=O) groups excluding carboxylic acids is 1. The van der Waals surface area contributed by atoms with Crippen molar-refractivity contribution in [3.63, 3.8) is 0 Å². The van der Waals surface area contributed by atoms with Gasteiger partial charge in [-0.2, -0.15) is 4.31 Å². The highest BCUT2D eigenvalue weighted by Crippen LogP contribution is 2.41. The van der Waals surface area contributed by atoms with Gasteiger partial charge >= 0.3 is 5.97 Å². The lowest BCUT2D eigenvalue weighted by molar-refractivity contribution is -0.124. The van der Waals surface area contributed by atoms with E-state index in [0.717, 1.165) is 30.6 Å². The summed E-state index contributed by atoms with van der Waals surface area (Å²) in [4.78, 5) is 28.9. The molecular formula is C25H34N2O5S3. The van der Waals surface area contributed by atoms with Gasteiger partial charge in [-0.3, -0.25) is 4.79 Å². The molecule has 1 saturated carbocycles. The molecule has 1 amide bonds. The molecule has 1 aliphatic heterocycles. The normalized spacial score (nSPS) is 23.9. The van der Waals surface area contributed by atoms with Crippen LogP contribution in [-0.4, -0.2) is 48.8 Å². The van der Waals surface area contributed by atoms with Crippen molar-refractivity contribution in [2.24, 2.45) is 11.8 Å². The summed E-state index contributed by atoms with van der Waals surface area (Å²) in [6.45, 7) is 8.72. The first-order chi connectivity index (χ1) is 16.4. The van der Waals surface area contributed by atoms with Crippen LogP contribution in [0.25, 0.3) is 0 Å². The number of carboxylic acids is 1. The molecule has 2 fully saturated rings. The minimum Gasteiger partial charge on any atom is -0.477 e. The summed E-state index contributed by atoms with van der Waals surface area (Å²) in [5, 5.41) is 11.8. The SMILES string of the molecule is CC(C)(C)c1cc(N(C(=O)[C@H]2CC[C@H](C)CC2)[C@H]2CCN(S(=O)(=O)c3cccs3)C2)c(C(=O)O)s1. The van der Waals surface area contributed by atoms with Crippen molar-refractivity contribution in [1.82, 2.24) is 4.31 Å². The first-order valence-electron chi connectivity index (χ1n) is 12.1. The third-order valence-electron chi connectivity index (χ3n) is 7.09. The Balaban J connectivity index is 1.72. The third kappa shape index (κ3) is 5.35. The number of aromatic carboxylic acids is 1. The molecule has 0 spiro atoms. The van der Waals surface area contributed by atoms with Gasteiger partial charge in [0.2, 0.25) is 5.91 Å². The molecule has 3 heterocycles. The van der Waals surface area contributed by atoms with Crippen molar-refractivity contribution in [2.75, 3.05) is 18.0 Å². The van der Waals surface area contributed by atoms with E-state index in [-0.39, 0.29) is 32.9 Å². The number of nitrogens with zero attached hydrogens (tertiary/aromatic N) is 2. The number of thiophene rings is 2. The molecule has 1 N–H and O–H groups in total. The van der Waals surface area contributed by atoms with E-state index in [4.69, 9.17) is 0 Å². The smallest absolute Gasteiger partial charge is 0.348 e. The van der Waals surface area contributed by atoms with Crippen LogP contribution in [0.1, 0.15) is 74.3 Å². The number of sulfonamides is 1. The summed E-state index contributed by atoms with van der Waals surface area (Å²) in [6, 6.07) is 4.74. The molecule has 0 bridgehead atoms. The van der Waals surface area contributed by atoms with E-state index in [1.54, 1.807) is 22.4 Å². The molecule has 2 aliphatic rings. The Bertz CT molecular complexity index is 1170. The van der Waals surface area contributed by atoms with Gasteiger partial charge in [-0.1, -0.05) is 33.8 Å². The molecule has 1 aliphatic carbocycles. The van der Waals surface area contributed by atoms with E-state index in [1.165, 1.54) is 27.0 Å². The maximum absolute atomic E-state index is 14.0. The maximum Gasteiger partial charge on any atom is 0.348 e. The summed E-state index contributed by atoms with van der Waals surface area (Å²) < 4.78 is 28.0. The van der Waals surface area contributed by atoms with Crippen LogP contribution < -0.4 is 4.90 Å². The van der Waals surface area contributed by atoms with Crippen LogP contribution in [0.3, 0.4) is 0 Å². The van der Waals surface area contributed by atoms with Crippen LogP contribution in [0.5, 0.6) is 0 Å². The van der Waals surface area contributed by atoms with Gasteiger partial charge in [-0.25, -0.2) is 13.2 Å². The van der Waals surface area contributed by atoms with Crippen LogP contribution in [-0.2, 0) is 20.2 Å². The first-order valence-corrected chi connectivity index (χ1v) is 15.3. The molecule has 0 aromatic carbocycles. The van der Waals surface area contributed by atoms with E-state index in [1.807, 2.05) is 26.8 Å². The van der Waals surface area contributed by atoms with Gasteiger partial charge in [0.1, 0.15) is 9.09 Å². The van der Waals surface area contributed by atoms with Crippen molar-refractivity contribution >= 4 is 50.3 Å². The number of carbonyl (C=O) groups is 2. The average molecular weight is 539 g/mol. The van der Waals surface area contributed by atoms with Crippen molar-refractivity contribution in [3.05, 3.63) is 33.3 Å². The predicted molar refractivity (Wildman–Crippen MR) is 140 cm³/mol. The minimum absolute atomic E-state index is 0.0713. The number of carboxylic acid groups (broad SMARTS) is 1. The summed E-state index contributed by atoms with van der Waals surface area (Å²) in [6.07, 6.45) is 3.96. The highest BCUT2D eigenvalue weighted by molar-refractivity contribution is 7.91. The summed E-state index contributed by atoms with van der Waals surface area (Å²) in [7, 11) is -3.65. The molecule has 1 saturated heterocycles. The summed E-state index contributed by atoms with van der Waals surface area (Å²) in [5.41, 5.74) is 0.142. The van der Waals surface area contributed by atoms with E-state index in [9.17, 15) is 23.1 Å². The lowest BCUT2D eigenvalue weighted by Gasteiger charge is -2.34. The van der Waals surface area contributed by atoms with Gasteiger partial charge in [0, 0.05) is 23.9 Å². The fourth-order valence-corrected chi connectivity index (χ4v) is 8.64. The number of hydrogen-bond acceptors (Lipinski definition) is 6. The standard InChI is InChI=1S/C25H34N2O5S3/c1-16-7-9-17(10-8-16)23(28)27(19-14-20(25(2,3)4)34-22(19)24(29)30)18-11-12-26(15-18)35(31,32)21-6-5-13-33-21/h5-6,13-14,16-18H,7-12,15H2,1-4H3,(H,29,30)/t16-,17-,18-/m0/s1. The number of hydrogen-bond donors (Lipinski definition) is 1. The quantitative estimate of drug-likeness (QED) is 0.529. The van der Waals surface area contributed by atoms with E-state index in [0.29, 0.717) is 24.6 Å². The highest BCUT2D eigenvalue weighted by atomic mass is 32.2. The van der Waals surface area contributed by atoms with Crippen molar-refractivity contribution < 1.29 is 23.1 Å². The summed E-state index contributed by atoms with van der Waals surface area (Å²) >= 11 is 2.38.